The van der Waals surface area contributed by atoms with Crippen molar-refractivity contribution in [1.29, 1.82) is 0 Å². The van der Waals surface area contributed by atoms with Crippen LogP contribution in [0, 0.1) is 10.1 Å². The highest BCUT2D eigenvalue weighted by molar-refractivity contribution is 7.09. The van der Waals surface area contributed by atoms with Crippen LogP contribution in [0.5, 0.6) is 0 Å². The van der Waals surface area contributed by atoms with Crippen LogP contribution in [0.1, 0.15) is 10.7 Å². The van der Waals surface area contributed by atoms with Gasteiger partial charge in [-0.15, -0.1) is 11.3 Å². The van der Waals surface area contributed by atoms with Gasteiger partial charge in [-0.1, -0.05) is 18.2 Å². The van der Waals surface area contributed by atoms with Crippen LogP contribution in [0.4, 0.5) is 11.4 Å². The monoisotopic (exact) mass is 421 g/mol. The van der Waals surface area contributed by atoms with Crippen molar-refractivity contribution in [2.75, 3.05) is 5.32 Å². The molecule has 0 aliphatic carbocycles. The Kier molecular flexibility index (Phi) is 5.31. The largest absolute Gasteiger partial charge is 0.326 e. The number of nitro groups is 1. The van der Waals surface area contributed by atoms with Crippen molar-refractivity contribution in [2.24, 2.45) is 0 Å². The van der Waals surface area contributed by atoms with Crippen molar-refractivity contribution in [1.82, 2.24) is 14.5 Å². The van der Waals surface area contributed by atoms with E-state index in [0.29, 0.717) is 21.8 Å². The highest BCUT2D eigenvalue weighted by atomic mass is 32.1. The number of para-hydroxylation sites is 1. The number of thiazole rings is 1. The number of carbonyl (C=O) groups excluding carboxylic acids is 1. The van der Waals surface area contributed by atoms with Crippen molar-refractivity contribution < 1.29 is 9.72 Å². The van der Waals surface area contributed by atoms with Gasteiger partial charge in [0.2, 0.25) is 5.91 Å². The molecule has 0 saturated carbocycles. The van der Waals surface area contributed by atoms with Crippen molar-refractivity contribution in [3.05, 3.63) is 91.4 Å². The maximum absolute atomic E-state index is 12.7. The summed E-state index contributed by atoms with van der Waals surface area (Å²) in [4.78, 5) is 43.8. The van der Waals surface area contributed by atoms with E-state index in [2.05, 4.69) is 15.3 Å². The summed E-state index contributed by atoms with van der Waals surface area (Å²) in [5.74, 6) is -0.173. The molecular weight excluding hydrogens is 406 g/mol. The summed E-state index contributed by atoms with van der Waals surface area (Å²) in [6.45, 7) is 0.190. The van der Waals surface area contributed by atoms with E-state index >= 15 is 0 Å². The van der Waals surface area contributed by atoms with Gasteiger partial charge in [-0.25, -0.2) is 9.97 Å². The highest BCUT2D eigenvalue weighted by Gasteiger charge is 2.12. The topological polar surface area (TPSA) is 120 Å². The summed E-state index contributed by atoms with van der Waals surface area (Å²) in [6, 6.07) is 13.1. The first kappa shape index (κ1) is 19.4. The van der Waals surface area contributed by atoms with Gasteiger partial charge < -0.3 is 5.32 Å². The van der Waals surface area contributed by atoms with Gasteiger partial charge in [0.15, 0.2) is 0 Å². The molecule has 0 unspecified atom stereocenters. The molecule has 9 nitrogen and oxygen atoms in total. The van der Waals surface area contributed by atoms with Crippen molar-refractivity contribution >= 4 is 39.5 Å². The Balaban J connectivity index is 1.48. The predicted octanol–water partition coefficient (Wildman–Crippen LogP) is 2.99. The lowest BCUT2D eigenvalue weighted by Gasteiger charge is -2.05. The number of nitrogens with zero attached hydrogens (tertiary/aromatic N) is 4. The molecule has 1 N–H and O–H groups in total. The Labute approximate surface area is 173 Å². The molecule has 0 saturated heterocycles. The fourth-order valence-corrected chi connectivity index (χ4v) is 3.70. The molecule has 0 fully saturated rings. The molecule has 150 valence electrons. The van der Waals surface area contributed by atoms with Gasteiger partial charge >= 0.3 is 0 Å². The molecule has 0 atom stereocenters. The maximum Gasteiger partial charge on any atom is 0.271 e. The minimum absolute atomic E-state index is 0.120. The number of nitrogens with one attached hydrogen (secondary N) is 1. The molecule has 0 spiro atoms. The maximum atomic E-state index is 12.7. The number of rotatable bonds is 6. The molecule has 2 aromatic heterocycles. The second-order valence-corrected chi connectivity index (χ2v) is 7.40. The molecule has 0 aliphatic rings. The summed E-state index contributed by atoms with van der Waals surface area (Å²) in [5, 5.41) is 16.4. The molecule has 0 bridgehead atoms. The van der Waals surface area contributed by atoms with E-state index < -0.39 is 4.92 Å². The van der Waals surface area contributed by atoms with Gasteiger partial charge in [-0.05, 0) is 18.2 Å². The Morgan fingerprint density at radius 3 is 2.77 bits per heavy atom. The Morgan fingerprint density at radius 2 is 2.00 bits per heavy atom. The normalized spacial score (nSPS) is 10.8. The molecule has 4 aromatic rings. The Hall–Kier alpha value is -3.92. The van der Waals surface area contributed by atoms with Gasteiger partial charge in [0.05, 0.1) is 40.8 Å². The molecule has 10 heteroatoms. The van der Waals surface area contributed by atoms with E-state index in [1.54, 1.807) is 17.5 Å². The van der Waals surface area contributed by atoms with Crippen LogP contribution in [-0.2, 0) is 17.8 Å². The van der Waals surface area contributed by atoms with Crippen molar-refractivity contribution in [2.45, 2.75) is 13.0 Å². The van der Waals surface area contributed by atoms with Crippen LogP contribution >= 0.6 is 11.3 Å². The van der Waals surface area contributed by atoms with E-state index in [1.807, 2.05) is 18.2 Å². The molecule has 2 aromatic carbocycles. The number of carbonyl (C=O) groups is 1. The van der Waals surface area contributed by atoms with E-state index in [-0.39, 0.29) is 35.6 Å². The number of aromatic nitrogens is 3. The zero-order chi connectivity index (χ0) is 21.1. The minimum atomic E-state index is -0.530. The summed E-state index contributed by atoms with van der Waals surface area (Å²) < 4.78 is 1.39. The number of anilines is 1. The standard InChI is InChI=1S/C20H15N5O4S/c26-18(22-13-4-2-1-3-5-13)9-19-23-14(11-30-19)10-24-12-21-17-8-15(25(28)29)6-7-16(17)20(24)27/h1-8,11-12H,9-10H2,(H,22,26). The summed E-state index contributed by atoms with van der Waals surface area (Å²) in [6.07, 6.45) is 1.48. The molecule has 2 heterocycles. The molecule has 30 heavy (non-hydrogen) atoms. The smallest absolute Gasteiger partial charge is 0.271 e. The number of hydrogen-bond donors (Lipinski definition) is 1. The van der Waals surface area contributed by atoms with Crippen molar-refractivity contribution in [3.8, 4) is 0 Å². The van der Waals surface area contributed by atoms with Crippen molar-refractivity contribution in [3.63, 3.8) is 0 Å². The zero-order valence-corrected chi connectivity index (χ0v) is 16.3. The predicted molar refractivity (Wildman–Crippen MR) is 113 cm³/mol. The number of non-ortho nitro benzene ring substituents is 1. The van der Waals surface area contributed by atoms with E-state index in [1.165, 1.54) is 40.4 Å². The average Bonchev–Trinajstić information content (AvgIpc) is 3.17. The van der Waals surface area contributed by atoms with E-state index in [0.717, 1.165) is 0 Å². The lowest BCUT2D eigenvalue weighted by Crippen LogP contribution is -2.21. The second kappa shape index (κ2) is 8.21. The van der Waals surface area contributed by atoms with Gasteiger partial charge in [0.1, 0.15) is 5.01 Å². The average molecular weight is 421 g/mol. The minimum Gasteiger partial charge on any atom is -0.326 e. The molecule has 1 amide bonds. The third kappa shape index (κ3) is 4.23. The first-order chi connectivity index (χ1) is 14.5. The Bertz CT molecular complexity index is 1300. The van der Waals surface area contributed by atoms with Gasteiger partial charge in [0, 0.05) is 23.2 Å². The third-order valence-electron chi connectivity index (χ3n) is 4.32. The SMILES string of the molecule is O=C(Cc1nc(Cn2cnc3cc([N+](=O)[O-])ccc3c2=O)cs1)Nc1ccccc1. The van der Waals surface area contributed by atoms with Crippen LogP contribution in [0.15, 0.2) is 65.0 Å². The number of nitro benzene ring substituents is 1. The third-order valence-corrected chi connectivity index (χ3v) is 5.22. The number of benzene rings is 2. The lowest BCUT2D eigenvalue weighted by atomic mass is 10.2. The quantitative estimate of drug-likeness (QED) is 0.377. The van der Waals surface area contributed by atoms with Crippen LogP contribution in [0.2, 0.25) is 0 Å². The molecule has 0 aliphatic heterocycles. The van der Waals surface area contributed by atoms with E-state index in [4.69, 9.17) is 0 Å². The number of hydrogen-bond acceptors (Lipinski definition) is 7. The van der Waals surface area contributed by atoms with Gasteiger partial charge in [-0.2, -0.15) is 0 Å². The molecule has 4 rings (SSSR count). The van der Waals surface area contributed by atoms with E-state index in [9.17, 15) is 19.7 Å². The summed E-state index contributed by atoms with van der Waals surface area (Å²) >= 11 is 1.34. The first-order valence-corrected chi connectivity index (χ1v) is 9.79. The number of amides is 1. The fourth-order valence-electron chi connectivity index (χ4n) is 2.91. The summed E-state index contributed by atoms with van der Waals surface area (Å²) in [5.41, 5.74) is 1.18. The zero-order valence-electron chi connectivity index (χ0n) is 15.5. The first-order valence-electron chi connectivity index (χ1n) is 8.91. The molecular formula is C20H15N5O4S. The summed E-state index contributed by atoms with van der Waals surface area (Å²) in [7, 11) is 0. The Morgan fingerprint density at radius 1 is 1.20 bits per heavy atom. The van der Waals surface area contributed by atoms with Gasteiger partial charge in [-0.3, -0.25) is 24.3 Å². The van der Waals surface area contributed by atoms with Gasteiger partial charge in [0.25, 0.3) is 11.2 Å². The van der Waals surface area contributed by atoms with Crippen LogP contribution < -0.4 is 10.9 Å². The highest BCUT2D eigenvalue weighted by Crippen LogP contribution is 2.17. The van der Waals surface area contributed by atoms with Crippen LogP contribution in [0.25, 0.3) is 10.9 Å². The fraction of sp³-hybridized carbons (Fsp3) is 0.100. The molecule has 0 radical (unpaired) electrons. The lowest BCUT2D eigenvalue weighted by molar-refractivity contribution is -0.384. The second-order valence-electron chi connectivity index (χ2n) is 6.46. The van der Waals surface area contributed by atoms with Crippen LogP contribution in [-0.4, -0.2) is 25.4 Å². The van der Waals surface area contributed by atoms with Crippen LogP contribution in [0.3, 0.4) is 0 Å². The number of fused-ring (bicyclic) bond motifs is 1.